The van der Waals surface area contributed by atoms with Gasteiger partial charge in [-0.1, -0.05) is 46.8 Å². The molecule has 0 radical (unpaired) electrons. The van der Waals surface area contributed by atoms with Gasteiger partial charge in [-0.25, -0.2) is 0 Å². The van der Waals surface area contributed by atoms with Crippen molar-refractivity contribution in [3.8, 4) is 0 Å². The maximum absolute atomic E-state index is 12.5. The van der Waals surface area contributed by atoms with Gasteiger partial charge in [0.2, 0.25) is 5.91 Å². The number of aliphatic hydroxyl groups is 1. The van der Waals surface area contributed by atoms with Gasteiger partial charge in [-0.15, -0.1) is 0 Å². The largest absolute Gasteiger partial charge is 0.464 e. The highest BCUT2D eigenvalue weighted by atomic mass is 16.5. The fourth-order valence-electron chi connectivity index (χ4n) is 12.0. The second kappa shape index (κ2) is 9.60. The molecule has 2 N–H and O–H groups in total. The number of esters is 1. The Morgan fingerprint density at radius 3 is 2.26 bits per heavy atom. The number of carbonyl (C=O) groups is 2. The van der Waals surface area contributed by atoms with Crippen LogP contribution in [-0.4, -0.2) is 36.2 Å². The predicted octanol–water partition coefficient (Wildman–Crippen LogP) is 6.68. The van der Waals surface area contributed by atoms with Crippen LogP contribution in [0.3, 0.4) is 0 Å². The topological polar surface area (TPSA) is 75.6 Å². The number of hydrogen-bond donors (Lipinski definition) is 2. The van der Waals surface area contributed by atoms with Gasteiger partial charge in [0, 0.05) is 12.3 Å². The Morgan fingerprint density at radius 1 is 0.872 bits per heavy atom. The van der Waals surface area contributed by atoms with Gasteiger partial charge in [0.15, 0.2) is 0 Å². The van der Waals surface area contributed by atoms with Crippen LogP contribution in [0.5, 0.6) is 0 Å². The molecule has 5 aliphatic carbocycles. The van der Waals surface area contributed by atoms with Crippen molar-refractivity contribution in [2.45, 2.75) is 119 Å². The van der Waals surface area contributed by atoms with Crippen LogP contribution in [0.1, 0.15) is 113 Å². The molecule has 0 heterocycles. The first-order valence-corrected chi connectivity index (χ1v) is 15.9. The lowest BCUT2D eigenvalue weighted by Gasteiger charge is -2.73. The first-order chi connectivity index (χ1) is 18.1. The highest BCUT2D eigenvalue weighted by molar-refractivity contribution is 5.80. The first-order valence-electron chi connectivity index (χ1n) is 15.9. The Hall–Kier alpha value is -1.36. The zero-order valence-electron chi connectivity index (χ0n) is 25.8. The molecule has 5 saturated carbocycles. The van der Waals surface area contributed by atoms with Crippen molar-refractivity contribution in [1.29, 1.82) is 0 Å². The molecule has 0 aromatic heterocycles. The summed E-state index contributed by atoms with van der Waals surface area (Å²) in [5.74, 6) is 2.32. The van der Waals surface area contributed by atoms with Crippen LogP contribution in [0.15, 0.2) is 12.2 Å². The predicted molar refractivity (Wildman–Crippen MR) is 155 cm³/mol. The molecule has 5 aliphatic rings. The zero-order chi connectivity index (χ0) is 28.6. The average Bonchev–Trinajstić information content (AvgIpc) is 3.25. The molecule has 5 rings (SSSR count). The standard InChI is InChI=1S/C34H55NO4/c1-21(2)23-11-16-34(20-39-28(38)19-35-22(3)36)18-17-32(7)24(29(23)34)9-10-26-31(6)14-13-27(37)30(4,5)25(31)12-15-33(26,32)8/h23-27,29,37H,1,9-20H2,2-8H3,(H,35,36)/t23-,24?,25-,26+,27-,29+,31-,32+,33+,34+/m0/s1. The van der Waals surface area contributed by atoms with Gasteiger partial charge in [-0.3, -0.25) is 9.59 Å². The van der Waals surface area contributed by atoms with E-state index in [1.165, 1.54) is 44.6 Å². The van der Waals surface area contributed by atoms with Crippen LogP contribution in [-0.2, 0) is 14.3 Å². The molecule has 0 aromatic carbocycles. The highest BCUT2D eigenvalue weighted by Crippen LogP contribution is 2.77. The Bertz CT molecular complexity index is 1020. The van der Waals surface area contributed by atoms with E-state index in [9.17, 15) is 14.7 Å². The number of fused-ring (bicyclic) bond motifs is 7. The minimum atomic E-state index is -0.325. The Kier molecular flexibility index (Phi) is 7.17. The first kappa shape index (κ1) is 29.1. The van der Waals surface area contributed by atoms with Gasteiger partial charge in [0.1, 0.15) is 6.54 Å². The minimum absolute atomic E-state index is 0.0148. The van der Waals surface area contributed by atoms with E-state index in [0.29, 0.717) is 36.2 Å². The number of carbonyl (C=O) groups excluding carboxylic acids is 2. The Labute approximate surface area is 237 Å². The third kappa shape index (κ3) is 4.17. The summed E-state index contributed by atoms with van der Waals surface area (Å²) in [6, 6.07) is 0. The summed E-state index contributed by atoms with van der Waals surface area (Å²) >= 11 is 0. The number of ether oxygens (including phenoxy) is 1. The molecule has 0 aromatic rings. The van der Waals surface area contributed by atoms with Gasteiger partial charge < -0.3 is 15.2 Å². The normalized spacial score (nSPS) is 48.1. The number of allylic oxidation sites excluding steroid dienone is 1. The fraction of sp³-hybridized carbons (Fsp3) is 0.882. The highest BCUT2D eigenvalue weighted by Gasteiger charge is 2.70. The molecule has 10 atom stereocenters. The van der Waals surface area contributed by atoms with Crippen LogP contribution in [0.4, 0.5) is 0 Å². The van der Waals surface area contributed by atoms with Crippen LogP contribution in [0.25, 0.3) is 0 Å². The SMILES string of the molecule is C=C(C)[C@@H]1CC[C@]2(COC(=O)CNC(C)=O)CC[C@]3(C)C(CC[C@@H]4[C@@]5(C)CC[C@H](O)C(C)(C)[C@@H]5CC[C@]43C)[C@@H]12. The van der Waals surface area contributed by atoms with Gasteiger partial charge in [-0.05, 0) is 122 Å². The number of nitrogens with one attached hydrogen (secondary N) is 1. The molecule has 0 aliphatic heterocycles. The van der Waals surface area contributed by atoms with Crippen molar-refractivity contribution in [2.24, 2.45) is 56.7 Å². The summed E-state index contributed by atoms with van der Waals surface area (Å²) in [6.45, 7) is 21.1. The molecule has 220 valence electrons. The van der Waals surface area contributed by atoms with E-state index >= 15 is 0 Å². The number of hydrogen-bond acceptors (Lipinski definition) is 4. The van der Waals surface area contributed by atoms with E-state index in [4.69, 9.17) is 4.74 Å². The lowest BCUT2D eigenvalue weighted by molar-refractivity contribution is -0.249. The molecule has 0 spiro atoms. The molecule has 39 heavy (non-hydrogen) atoms. The summed E-state index contributed by atoms with van der Waals surface area (Å²) in [6.07, 6.45) is 11.4. The van der Waals surface area contributed by atoms with Crippen LogP contribution in [0, 0.1) is 56.7 Å². The molecular weight excluding hydrogens is 486 g/mol. The second-order valence-electron chi connectivity index (χ2n) is 16.0. The van der Waals surface area contributed by atoms with E-state index in [2.05, 4.69) is 53.4 Å². The molecule has 5 fully saturated rings. The summed E-state index contributed by atoms with van der Waals surface area (Å²) in [7, 11) is 0. The van der Waals surface area contributed by atoms with Gasteiger partial charge in [-0.2, -0.15) is 0 Å². The Morgan fingerprint density at radius 2 is 1.59 bits per heavy atom. The molecular formula is C34H55NO4. The van der Waals surface area contributed by atoms with Crippen LogP contribution >= 0.6 is 0 Å². The zero-order valence-corrected chi connectivity index (χ0v) is 25.8. The van der Waals surface area contributed by atoms with Crippen LogP contribution in [0.2, 0.25) is 0 Å². The number of amides is 1. The lowest BCUT2D eigenvalue weighted by atomic mass is 9.32. The summed E-state index contributed by atoms with van der Waals surface area (Å²) in [4.78, 5) is 23.9. The molecule has 1 unspecified atom stereocenters. The fourth-order valence-corrected chi connectivity index (χ4v) is 12.0. The summed E-state index contributed by atoms with van der Waals surface area (Å²) < 4.78 is 5.92. The molecule has 5 nitrogen and oxygen atoms in total. The van der Waals surface area contributed by atoms with E-state index in [1.54, 1.807) is 0 Å². The Balaban J connectivity index is 1.45. The van der Waals surface area contributed by atoms with Crippen molar-refractivity contribution in [2.75, 3.05) is 13.2 Å². The third-order valence-corrected chi connectivity index (χ3v) is 14.2. The molecule has 5 heteroatoms. The van der Waals surface area contributed by atoms with Crippen LogP contribution < -0.4 is 5.32 Å². The van der Waals surface area contributed by atoms with Crippen molar-refractivity contribution in [1.82, 2.24) is 5.32 Å². The van der Waals surface area contributed by atoms with Gasteiger partial charge >= 0.3 is 5.97 Å². The third-order valence-electron chi connectivity index (χ3n) is 14.2. The van der Waals surface area contributed by atoms with Crippen molar-refractivity contribution in [3.63, 3.8) is 0 Å². The maximum Gasteiger partial charge on any atom is 0.325 e. The molecule has 0 bridgehead atoms. The molecule has 1 amide bonds. The quantitative estimate of drug-likeness (QED) is 0.301. The van der Waals surface area contributed by atoms with Gasteiger partial charge in [0.25, 0.3) is 0 Å². The maximum atomic E-state index is 12.5. The number of aliphatic hydroxyl groups excluding tert-OH is 1. The summed E-state index contributed by atoms with van der Waals surface area (Å²) in [5.41, 5.74) is 2.08. The van der Waals surface area contributed by atoms with Crippen molar-refractivity contribution in [3.05, 3.63) is 12.2 Å². The van der Waals surface area contributed by atoms with Crippen molar-refractivity contribution < 1.29 is 19.4 Å². The summed E-state index contributed by atoms with van der Waals surface area (Å²) in [5, 5.41) is 13.6. The number of rotatable bonds is 5. The smallest absolute Gasteiger partial charge is 0.325 e. The lowest BCUT2D eigenvalue weighted by Crippen LogP contribution is -2.66. The van der Waals surface area contributed by atoms with Crippen molar-refractivity contribution >= 4 is 11.9 Å². The molecule has 0 saturated heterocycles. The van der Waals surface area contributed by atoms with Gasteiger partial charge in [0.05, 0.1) is 12.7 Å². The van der Waals surface area contributed by atoms with E-state index < -0.39 is 0 Å². The monoisotopic (exact) mass is 541 g/mol. The van der Waals surface area contributed by atoms with E-state index in [1.807, 2.05) is 0 Å². The minimum Gasteiger partial charge on any atom is -0.464 e. The van der Waals surface area contributed by atoms with E-state index in [0.717, 1.165) is 32.1 Å². The second-order valence-corrected chi connectivity index (χ2v) is 16.0. The average molecular weight is 542 g/mol. The van der Waals surface area contributed by atoms with E-state index in [-0.39, 0.29) is 51.6 Å².